The molecule has 0 unspecified atom stereocenters. The Bertz CT molecular complexity index is 691. The number of hydrogen-bond acceptors (Lipinski definition) is 5. The van der Waals surface area contributed by atoms with Gasteiger partial charge >= 0.3 is 0 Å². The van der Waals surface area contributed by atoms with Gasteiger partial charge in [-0.3, -0.25) is 14.7 Å². The molecule has 3 heterocycles. The van der Waals surface area contributed by atoms with Crippen molar-refractivity contribution in [1.82, 2.24) is 24.9 Å². The number of likely N-dealkylation sites (tertiary alicyclic amines) is 1. The molecule has 1 fully saturated rings. The highest BCUT2D eigenvalue weighted by molar-refractivity contribution is 5.90. The van der Waals surface area contributed by atoms with E-state index in [4.69, 9.17) is 5.73 Å². The largest absolute Gasteiger partial charge is 0.364 e. The molecule has 1 aliphatic rings. The third-order valence-corrected chi connectivity index (χ3v) is 4.03. The van der Waals surface area contributed by atoms with Gasteiger partial charge in [0.15, 0.2) is 5.69 Å². The summed E-state index contributed by atoms with van der Waals surface area (Å²) in [6.07, 6.45) is 5.06. The highest BCUT2D eigenvalue weighted by Crippen LogP contribution is 2.24. The monoisotopic (exact) mass is 322 g/mol. The van der Waals surface area contributed by atoms with E-state index < -0.39 is 17.5 Å². The Balaban J connectivity index is 1.61. The van der Waals surface area contributed by atoms with E-state index >= 15 is 0 Å². The first-order valence-corrected chi connectivity index (χ1v) is 7.26. The number of aromatic nitrogens is 4. The van der Waals surface area contributed by atoms with Crippen molar-refractivity contribution < 1.29 is 13.6 Å². The lowest BCUT2D eigenvalue weighted by Crippen LogP contribution is -2.35. The fourth-order valence-electron chi connectivity index (χ4n) is 2.72. The number of pyridine rings is 1. The lowest BCUT2D eigenvalue weighted by molar-refractivity contribution is 0.0995. The average molecular weight is 322 g/mol. The first-order valence-electron chi connectivity index (χ1n) is 7.26. The molecule has 0 spiro atoms. The summed E-state index contributed by atoms with van der Waals surface area (Å²) in [5.74, 6) is -1.87. The molecule has 2 aromatic rings. The summed E-state index contributed by atoms with van der Waals surface area (Å²) in [7, 11) is 0. The number of piperidine rings is 1. The molecule has 2 aromatic heterocycles. The molecule has 23 heavy (non-hydrogen) atoms. The summed E-state index contributed by atoms with van der Waals surface area (Å²) in [6.45, 7) is 1.53. The predicted octanol–water partition coefficient (Wildman–Crippen LogP) is 0.887. The maximum absolute atomic E-state index is 13.6. The zero-order valence-corrected chi connectivity index (χ0v) is 12.3. The van der Waals surface area contributed by atoms with Gasteiger partial charge in [0.05, 0.1) is 24.6 Å². The number of halogens is 2. The van der Waals surface area contributed by atoms with E-state index in [1.165, 1.54) is 6.20 Å². The molecule has 0 aromatic carbocycles. The lowest BCUT2D eigenvalue weighted by Gasteiger charge is -2.31. The summed E-state index contributed by atoms with van der Waals surface area (Å²) in [6, 6.07) is 0.0963. The molecule has 0 bridgehead atoms. The van der Waals surface area contributed by atoms with Crippen LogP contribution in [-0.2, 0) is 6.54 Å². The molecule has 0 atom stereocenters. The molecule has 9 heteroatoms. The summed E-state index contributed by atoms with van der Waals surface area (Å²) < 4.78 is 28.9. The van der Waals surface area contributed by atoms with Gasteiger partial charge in [0.1, 0.15) is 11.6 Å². The number of carbonyl (C=O) groups excluding carboxylic acids is 1. The second-order valence-electron chi connectivity index (χ2n) is 5.54. The van der Waals surface area contributed by atoms with Crippen molar-refractivity contribution in [1.29, 1.82) is 0 Å². The minimum Gasteiger partial charge on any atom is -0.364 e. The van der Waals surface area contributed by atoms with Crippen LogP contribution in [0.2, 0.25) is 0 Å². The number of hydrogen-bond donors (Lipinski definition) is 1. The van der Waals surface area contributed by atoms with Crippen LogP contribution in [0.4, 0.5) is 8.78 Å². The third kappa shape index (κ3) is 3.34. The van der Waals surface area contributed by atoms with Crippen molar-refractivity contribution in [2.75, 3.05) is 13.1 Å². The van der Waals surface area contributed by atoms with E-state index in [9.17, 15) is 13.6 Å². The molecule has 1 saturated heterocycles. The van der Waals surface area contributed by atoms with Crippen molar-refractivity contribution in [2.24, 2.45) is 5.73 Å². The highest BCUT2D eigenvalue weighted by atomic mass is 19.1. The number of carbonyl (C=O) groups is 1. The van der Waals surface area contributed by atoms with Gasteiger partial charge in [0, 0.05) is 25.2 Å². The number of amides is 1. The molecule has 0 aliphatic carbocycles. The number of rotatable bonds is 4. The van der Waals surface area contributed by atoms with Crippen molar-refractivity contribution in [3.8, 4) is 0 Å². The first kappa shape index (κ1) is 15.5. The fraction of sp³-hybridized carbons (Fsp3) is 0.429. The Morgan fingerprint density at radius 1 is 1.26 bits per heavy atom. The minimum atomic E-state index is -0.630. The second kappa shape index (κ2) is 6.37. The Kier molecular flexibility index (Phi) is 4.28. The van der Waals surface area contributed by atoms with Crippen LogP contribution in [0, 0.1) is 11.6 Å². The standard InChI is InChI=1S/C14H16F2N6O/c15-11-5-18-6-12(16)10(11)7-21-3-1-9(2-4-21)22-8-13(14(17)23)19-20-22/h5-6,8-9H,1-4,7H2,(H2,17,23). The molecule has 0 radical (unpaired) electrons. The molecular formula is C14H16F2N6O. The zero-order chi connectivity index (χ0) is 16.4. The predicted molar refractivity (Wildman–Crippen MR) is 76.2 cm³/mol. The SMILES string of the molecule is NC(=O)c1cn(C2CCN(Cc3c(F)cncc3F)CC2)nn1. The summed E-state index contributed by atoms with van der Waals surface area (Å²) in [5, 5.41) is 7.64. The zero-order valence-electron chi connectivity index (χ0n) is 12.3. The van der Waals surface area contributed by atoms with Crippen LogP contribution in [0.15, 0.2) is 18.6 Å². The van der Waals surface area contributed by atoms with E-state index in [0.29, 0.717) is 13.1 Å². The van der Waals surface area contributed by atoms with Gasteiger partial charge in [-0.15, -0.1) is 5.10 Å². The number of nitrogens with zero attached hydrogens (tertiary/aromatic N) is 5. The second-order valence-corrected chi connectivity index (χ2v) is 5.54. The van der Waals surface area contributed by atoms with Crippen LogP contribution < -0.4 is 5.73 Å². The van der Waals surface area contributed by atoms with Crippen LogP contribution in [0.1, 0.15) is 34.9 Å². The Morgan fingerprint density at radius 3 is 2.48 bits per heavy atom. The third-order valence-electron chi connectivity index (χ3n) is 4.03. The van der Waals surface area contributed by atoms with Gasteiger partial charge in [0.25, 0.3) is 5.91 Å². The topological polar surface area (TPSA) is 89.9 Å². The lowest BCUT2D eigenvalue weighted by atomic mass is 10.0. The number of primary amides is 1. The van der Waals surface area contributed by atoms with Crippen LogP contribution in [0.3, 0.4) is 0 Å². The van der Waals surface area contributed by atoms with Crippen molar-refractivity contribution in [3.63, 3.8) is 0 Å². The van der Waals surface area contributed by atoms with Crippen molar-refractivity contribution in [2.45, 2.75) is 25.4 Å². The maximum atomic E-state index is 13.6. The van der Waals surface area contributed by atoms with Crippen LogP contribution in [0.25, 0.3) is 0 Å². The quantitative estimate of drug-likeness (QED) is 0.903. The van der Waals surface area contributed by atoms with Gasteiger partial charge in [0.2, 0.25) is 0 Å². The van der Waals surface area contributed by atoms with Crippen LogP contribution in [-0.4, -0.2) is 43.9 Å². The highest BCUT2D eigenvalue weighted by Gasteiger charge is 2.23. The molecule has 2 N–H and O–H groups in total. The van der Waals surface area contributed by atoms with E-state index in [0.717, 1.165) is 25.2 Å². The fourth-order valence-corrected chi connectivity index (χ4v) is 2.72. The Morgan fingerprint density at radius 2 is 1.91 bits per heavy atom. The van der Waals surface area contributed by atoms with Crippen LogP contribution >= 0.6 is 0 Å². The van der Waals surface area contributed by atoms with E-state index in [2.05, 4.69) is 15.3 Å². The van der Waals surface area contributed by atoms with E-state index in [-0.39, 0.29) is 23.8 Å². The van der Waals surface area contributed by atoms with Gasteiger partial charge in [-0.25, -0.2) is 13.5 Å². The first-order chi connectivity index (χ1) is 11.0. The van der Waals surface area contributed by atoms with Gasteiger partial charge < -0.3 is 5.73 Å². The van der Waals surface area contributed by atoms with Gasteiger partial charge in [-0.1, -0.05) is 5.21 Å². The van der Waals surface area contributed by atoms with Gasteiger partial charge in [-0.05, 0) is 12.8 Å². The number of nitrogens with two attached hydrogens (primary N) is 1. The van der Waals surface area contributed by atoms with Crippen molar-refractivity contribution in [3.05, 3.63) is 41.5 Å². The smallest absolute Gasteiger partial charge is 0.270 e. The molecular weight excluding hydrogens is 306 g/mol. The average Bonchev–Trinajstić information content (AvgIpc) is 3.02. The van der Waals surface area contributed by atoms with E-state index in [1.807, 2.05) is 4.90 Å². The Hall–Kier alpha value is -2.42. The van der Waals surface area contributed by atoms with E-state index in [1.54, 1.807) is 4.68 Å². The minimum absolute atomic E-state index is 0.0372. The molecule has 122 valence electrons. The summed E-state index contributed by atoms with van der Waals surface area (Å²) >= 11 is 0. The summed E-state index contributed by atoms with van der Waals surface area (Å²) in [5.41, 5.74) is 5.32. The Labute approximate surface area is 131 Å². The summed E-state index contributed by atoms with van der Waals surface area (Å²) in [4.78, 5) is 16.5. The molecule has 1 aliphatic heterocycles. The normalized spacial score (nSPS) is 16.6. The molecule has 3 rings (SSSR count). The van der Waals surface area contributed by atoms with Crippen LogP contribution in [0.5, 0.6) is 0 Å². The molecule has 0 saturated carbocycles. The molecule has 7 nitrogen and oxygen atoms in total. The maximum Gasteiger partial charge on any atom is 0.270 e. The van der Waals surface area contributed by atoms with Gasteiger partial charge in [-0.2, -0.15) is 0 Å². The van der Waals surface area contributed by atoms with Crippen molar-refractivity contribution >= 4 is 5.91 Å². The molecule has 1 amide bonds.